The summed E-state index contributed by atoms with van der Waals surface area (Å²) in [7, 11) is -4.72. The van der Waals surface area contributed by atoms with E-state index in [1.54, 1.807) is 0 Å². The van der Waals surface area contributed by atoms with E-state index in [1.807, 2.05) is 0 Å². The van der Waals surface area contributed by atoms with Gasteiger partial charge in [0.05, 0.1) is 14.4 Å². The lowest BCUT2D eigenvalue weighted by molar-refractivity contribution is -0.341. The second-order valence-electron chi connectivity index (χ2n) is 1.68. The lowest BCUT2D eigenvalue weighted by atomic mass is 10.4. The van der Waals surface area contributed by atoms with Crippen LogP contribution in [0.2, 0.25) is 0 Å². The number of phosphoric ester groups is 1. The molecule has 0 rings (SSSR count). The second-order valence-corrected chi connectivity index (χ2v) is 3.62. The lowest BCUT2D eigenvalue weighted by Crippen LogP contribution is -2.16. The molecule has 6 nitrogen and oxygen atoms in total. The van der Waals surface area contributed by atoms with Crippen molar-refractivity contribution in [3.8, 4) is 0 Å². The summed E-state index contributed by atoms with van der Waals surface area (Å²) in [6, 6.07) is 0. The summed E-state index contributed by atoms with van der Waals surface area (Å²) in [6.07, 6.45) is 1.39. The van der Waals surface area contributed by atoms with Crippen LogP contribution in [0.15, 0.2) is 0 Å². The molecule has 0 aliphatic carbocycles. The first-order valence-electron chi connectivity index (χ1n) is 2.79. The van der Waals surface area contributed by atoms with E-state index in [-0.39, 0.29) is 18.9 Å². The van der Waals surface area contributed by atoms with Crippen molar-refractivity contribution in [2.24, 2.45) is 0 Å². The maximum Gasteiger partial charge on any atom is 0.0596 e. The minimum Gasteiger partial charge on any atom is -0.790 e. The van der Waals surface area contributed by atoms with Crippen molar-refractivity contribution in [3.05, 3.63) is 0 Å². The van der Waals surface area contributed by atoms with Gasteiger partial charge in [0.15, 0.2) is 0 Å². The number of quaternary nitrogens is 2. The SMILES string of the molecule is O=P([O-])([O-])OCCCCBr.[NH4+].[NH4+]. The minimum absolute atomic E-state index is 0. The average Bonchev–Trinajstić information content (AvgIpc) is 1.78. The van der Waals surface area contributed by atoms with Gasteiger partial charge in [0.2, 0.25) is 0 Å². The summed E-state index contributed by atoms with van der Waals surface area (Å²) in [5.74, 6) is 0. The molecule has 0 amide bonds. The van der Waals surface area contributed by atoms with E-state index < -0.39 is 7.82 Å². The molecule has 0 aliphatic heterocycles. The smallest absolute Gasteiger partial charge is 0.0596 e. The van der Waals surface area contributed by atoms with E-state index >= 15 is 0 Å². The number of halogens is 1. The van der Waals surface area contributed by atoms with Gasteiger partial charge in [-0.3, -0.25) is 0 Å². The van der Waals surface area contributed by atoms with Gasteiger partial charge in [-0.1, -0.05) is 15.9 Å². The highest BCUT2D eigenvalue weighted by atomic mass is 79.9. The van der Waals surface area contributed by atoms with Gasteiger partial charge < -0.3 is 31.2 Å². The molecule has 0 radical (unpaired) electrons. The summed E-state index contributed by atoms with van der Waals surface area (Å²) in [6.45, 7) is -0.00409. The van der Waals surface area contributed by atoms with E-state index in [2.05, 4.69) is 20.5 Å². The predicted octanol–water partition coefficient (Wildman–Crippen LogP) is 0.759. The summed E-state index contributed by atoms with van der Waals surface area (Å²) in [5.41, 5.74) is 0. The highest BCUT2D eigenvalue weighted by Gasteiger charge is 1.90. The van der Waals surface area contributed by atoms with Crippen LogP contribution in [0.4, 0.5) is 0 Å². The van der Waals surface area contributed by atoms with Gasteiger partial charge in [0.1, 0.15) is 0 Å². The molecule has 0 saturated heterocycles. The topological polar surface area (TPSA) is 145 Å². The van der Waals surface area contributed by atoms with Gasteiger partial charge in [0.25, 0.3) is 0 Å². The highest BCUT2D eigenvalue weighted by Crippen LogP contribution is 2.24. The molecule has 0 aliphatic rings. The largest absolute Gasteiger partial charge is 0.790 e. The molecule has 0 saturated carbocycles. The molecule has 0 fully saturated rings. The molecular weight excluding hydrogens is 251 g/mol. The molecule has 0 heterocycles. The highest BCUT2D eigenvalue weighted by molar-refractivity contribution is 9.09. The van der Waals surface area contributed by atoms with E-state index in [0.717, 1.165) is 11.8 Å². The van der Waals surface area contributed by atoms with Gasteiger partial charge in [-0.05, 0) is 12.8 Å². The van der Waals surface area contributed by atoms with Crippen molar-refractivity contribution in [1.29, 1.82) is 0 Å². The van der Waals surface area contributed by atoms with E-state index in [1.165, 1.54) is 0 Å². The van der Waals surface area contributed by atoms with Crippen molar-refractivity contribution in [3.63, 3.8) is 0 Å². The molecule has 0 aromatic heterocycles. The second kappa shape index (κ2) is 9.60. The van der Waals surface area contributed by atoms with E-state index in [0.29, 0.717) is 6.42 Å². The standard InChI is InChI=1S/C4H10BrO4P.2H3N/c5-3-1-2-4-9-10(6,7)8;;/h1-4H2,(H2,6,7,8);2*1H3. The Morgan fingerprint density at radius 1 is 1.25 bits per heavy atom. The van der Waals surface area contributed by atoms with Crippen LogP contribution in [-0.4, -0.2) is 11.9 Å². The normalized spacial score (nSPS) is 9.92. The maximum atomic E-state index is 9.83. The van der Waals surface area contributed by atoms with Crippen molar-refractivity contribution < 1.29 is 18.9 Å². The zero-order valence-corrected chi connectivity index (χ0v) is 9.77. The number of hydrogen-bond donors (Lipinski definition) is 2. The third-order valence-electron chi connectivity index (χ3n) is 0.777. The lowest BCUT2D eigenvalue weighted by Gasteiger charge is -2.28. The van der Waals surface area contributed by atoms with Gasteiger partial charge in [-0.25, -0.2) is 0 Å². The summed E-state index contributed by atoms with van der Waals surface area (Å²) in [5, 5.41) is 0.790. The molecule has 8 heteroatoms. The maximum absolute atomic E-state index is 9.83. The number of hydrogen-bond acceptors (Lipinski definition) is 4. The fraction of sp³-hybridized carbons (Fsp3) is 1.00. The van der Waals surface area contributed by atoms with Crippen LogP contribution >= 0.6 is 23.8 Å². The molecule has 0 bridgehead atoms. The fourth-order valence-electron chi connectivity index (χ4n) is 0.373. The van der Waals surface area contributed by atoms with Gasteiger partial charge in [0, 0.05) is 5.33 Å². The van der Waals surface area contributed by atoms with Crippen molar-refractivity contribution in [2.75, 3.05) is 11.9 Å². The van der Waals surface area contributed by atoms with Crippen molar-refractivity contribution >= 4 is 23.8 Å². The third kappa shape index (κ3) is 16.9. The molecule has 78 valence electrons. The molecule has 0 aromatic rings. The van der Waals surface area contributed by atoms with Crippen molar-refractivity contribution in [1.82, 2.24) is 12.3 Å². The first-order valence-corrected chi connectivity index (χ1v) is 5.37. The minimum atomic E-state index is -4.72. The number of alkyl halides is 1. The summed E-state index contributed by atoms with van der Waals surface area (Å²) < 4.78 is 13.8. The molecule has 0 unspecified atom stereocenters. The first kappa shape index (κ1) is 18.3. The van der Waals surface area contributed by atoms with Crippen LogP contribution in [0, 0.1) is 0 Å². The Kier molecular flexibility index (Phi) is 14.7. The first-order chi connectivity index (χ1) is 4.56. The average molecular weight is 267 g/mol. The van der Waals surface area contributed by atoms with Crippen LogP contribution in [0.25, 0.3) is 0 Å². The van der Waals surface area contributed by atoms with Crippen LogP contribution in [-0.2, 0) is 9.09 Å². The Hall–Kier alpha value is 0.510. The number of phosphoric acid groups is 1. The van der Waals surface area contributed by atoms with Gasteiger partial charge in [-0.15, -0.1) is 0 Å². The monoisotopic (exact) mass is 266 g/mol. The molecule has 0 aromatic carbocycles. The van der Waals surface area contributed by atoms with Gasteiger partial charge >= 0.3 is 0 Å². The molecule has 12 heavy (non-hydrogen) atoms. The molecule has 0 spiro atoms. The molecule has 8 N–H and O–H groups in total. The van der Waals surface area contributed by atoms with Gasteiger partial charge in [-0.2, -0.15) is 0 Å². The van der Waals surface area contributed by atoms with E-state index in [4.69, 9.17) is 0 Å². The van der Waals surface area contributed by atoms with Crippen LogP contribution in [0.3, 0.4) is 0 Å². The van der Waals surface area contributed by atoms with Crippen LogP contribution < -0.4 is 22.1 Å². The zero-order valence-electron chi connectivity index (χ0n) is 7.29. The number of rotatable bonds is 5. The number of unbranched alkanes of at least 4 members (excludes halogenated alkanes) is 1. The van der Waals surface area contributed by atoms with E-state index in [9.17, 15) is 14.4 Å². The Labute approximate surface area is 80.2 Å². The summed E-state index contributed by atoms with van der Waals surface area (Å²) >= 11 is 3.15. The van der Waals surface area contributed by atoms with Crippen molar-refractivity contribution in [2.45, 2.75) is 12.8 Å². The third-order valence-corrected chi connectivity index (χ3v) is 1.84. The Bertz CT molecular complexity index is 130. The molecular formula is C4H16BrN2O4P. The molecule has 0 atom stereocenters. The summed E-state index contributed by atoms with van der Waals surface area (Å²) in [4.78, 5) is 19.7. The fourth-order valence-corrected chi connectivity index (χ4v) is 1.12. The Morgan fingerprint density at radius 3 is 2.08 bits per heavy atom. The Morgan fingerprint density at radius 2 is 1.75 bits per heavy atom. The van der Waals surface area contributed by atoms with Crippen LogP contribution in [0.1, 0.15) is 12.8 Å². The quantitative estimate of drug-likeness (QED) is 0.430. The zero-order chi connectivity index (χ0) is 8.04. The van der Waals surface area contributed by atoms with Crippen LogP contribution in [0.5, 0.6) is 0 Å². The Balaban J connectivity index is -0.000000405. The predicted molar refractivity (Wildman–Crippen MR) is 48.6 cm³/mol.